The summed E-state index contributed by atoms with van der Waals surface area (Å²) in [5.74, 6) is 0.188. The van der Waals surface area contributed by atoms with Crippen LogP contribution in [0.3, 0.4) is 0 Å². The number of hydrogen-bond acceptors (Lipinski definition) is 2. The number of rotatable bonds is 2. The Hall–Kier alpha value is -2.22. The van der Waals surface area contributed by atoms with Crippen LogP contribution in [0, 0.1) is 0 Å². The highest BCUT2D eigenvalue weighted by Gasteiger charge is 1.92. The summed E-state index contributed by atoms with van der Waals surface area (Å²) in [7, 11) is 1.70. The first-order valence-corrected chi connectivity index (χ1v) is 5.54. The quantitative estimate of drug-likeness (QED) is 0.809. The molecular formula is C15H15NO. The van der Waals surface area contributed by atoms with Gasteiger partial charge in [-0.1, -0.05) is 48.5 Å². The van der Waals surface area contributed by atoms with Crippen LogP contribution in [-0.4, -0.2) is 12.2 Å². The molecule has 2 rings (SSSR count). The molecule has 2 N–H and O–H groups in total. The van der Waals surface area contributed by atoms with Gasteiger partial charge >= 0.3 is 0 Å². The van der Waals surface area contributed by atoms with Crippen LogP contribution in [-0.2, 0) is 0 Å². The van der Waals surface area contributed by atoms with Crippen LogP contribution in [0.5, 0.6) is 0 Å². The zero-order valence-corrected chi connectivity index (χ0v) is 9.72. The molecule has 86 valence electrons. The van der Waals surface area contributed by atoms with Crippen molar-refractivity contribution in [2.45, 2.75) is 0 Å². The molecule has 0 saturated heterocycles. The number of benzene rings is 2. The Morgan fingerprint density at radius 2 is 1.65 bits per heavy atom. The van der Waals surface area contributed by atoms with E-state index < -0.39 is 0 Å². The molecular weight excluding hydrogens is 210 g/mol. The summed E-state index contributed by atoms with van der Waals surface area (Å²) in [6, 6.07) is 17.8. The van der Waals surface area contributed by atoms with Crippen molar-refractivity contribution in [3.8, 4) is 0 Å². The van der Waals surface area contributed by atoms with E-state index in [1.807, 2.05) is 60.7 Å². The predicted molar refractivity (Wildman–Crippen MR) is 70.8 cm³/mol. The molecule has 0 spiro atoms. The Balaban J connectivity index is 2.66. The van der Waals surface area contributed by atoms with Crippen molar-refractivity contribution in [1.29, 1.82) is 0 Å². The van der Waals surface area contributed by atoms with Crippen LogP contribution < -0.4 is 15.8 Å². The molecule has 0 amide bonds. The second-order valence-corrected chi connectivity index (χ2v) is 3.74. The fourth-order valence-corrected chi connectivity index (χ4v) is 1.70. The first-order valence-electron chi connectivity index (χ1n) is 5.54. The topological polar surface area (TPSA) is 32.3 Å². The highest BCUT2D eigenvalue weighted by atomic mass is 16.3. The molecule has 0 aliphatic heterocycles. The van der Waals surface area contributed by atoms with Gasteiger partial charge in [0.1, 0.15) is 0 Å². The predicted octanol–water partition coefficient (Wildman–Crippen LogP) is 1.36. The Bertz CT molecular complexity index is 602. The van der Waals surface area contributed by atoms with Crippen LogP contribution in [0.4, 0.5) is 0 Å². The zero-order chi connectivity index (χ0) is 12.1. The second kappa shape index (κ2) is 5.21. The molecule has 0 aliphatic rings. The third-order valence-corrected chi connectivity index (χ3v) is 2.57. The van der Waals surface area contributed by atoms with E-state index in [2.05, 4.69) is 5.32 Å². The summed E-state index contributed by atoms with van der Waals surface area (Å²) in [6.45, 7) is 0. The van der Waals surface area contributed by atoms with Gasteiger partial charge in [0.15, 0.2) is 5.88 Å². The Labute approximate surface area is 101 Å². The largest absolute Gasteiger partial charge is 0.494 e. The summed E-state index contributed by atoms with van der Waals surface area (Å²) in [6.07, 6.45) is 2.04. The molecule has 17 heavy (non-hydrogen) atoms. The molecule has 0 heterocycles. The Morgan fingerprint density at radius 3 is 2.35 bits per heavy atom. The first-order chi connectivity index (χ1) is 8.31. The van der Waals surface area contributed by atoms with Gasteiger partial charge in [0, 0.05) is 12.3 Å². The second-order valence-electron chi connectivity index (χ2n) is 3.74. The normalized spacial score (nSPS) is 13.4. The molecule has 2 aromatic carbocycles. The van der Waals surface area contributed by atoms with Gasteiger partial charge in [0.2, 0.25) is 0 Å². The monoisotopic (exact) mass is 225 g/mol. The fourth-order valence-electron chi connectivity index (χ4n) is 1.70. The molecule has 0 aromatic heterocycles. The fraction of sp³-hybridized carbons (Fsp3) is 0.0667. The van der Waals surface area contributed by atoms with Crippen molar-refractivity contribution in [3.05, 3.63) is 70.6 Å². The van der Waals surface area contributed by atoms with E-state index in [-0.39, 0.29) is 5.88 Å². The number of hydrogen-bond donors (Lipinski definition) is 2. The smallest absolute Gasteiger partial charge is 0.191 e. The van der Waals surface area contributed by atoms with Crippen LogP contribution in [0.1, 0.15) is 5.56 Å². The molecule has 0 unspecified atom stereocenters. The minimum Gasteiger partial charge on any atom is -0.494 e. The lowest BCUT2D eigenvalue weighted by Gasteiger charge is -1.98. The third kappa shape index (κ3) is 2.67. The van der Waals surface area contributed by atoms with Gasteiger partial charge < -0.3 is 10.4 Å². The van der Waals surface area contributed by atoms with Gasteiger partial charge in [-0.15, -0.1) is 0 Å². The summed E-state index contributed by atoms with van der Waals surface area (Å²) in [4.78, 5) is 0. The summed E-state index contributed by atoms with van der Waals surface area (Å²) in [5.41, 5.74) is 1.11. The Kier molecular flexibility index (Phi) is 3.46. The molecule has 2 nitrogen and oxygen atoms in total. The summed E-state index contributed by atoms with van der Waals surface area (Å²) < 4.78 is 0. The van der Waals surface area contributed by atoms with Gasteiger partial charge in [0.05, 0.1) is 0 Å². The number of nitrogens with one attached hydrogen (secondary N) is 1. The van der Waals surface area contributed by atoms with Gasteiger partial charge in [-0.3, -0.25) is 0 Å². The van der Waals surface area contributed by atoms with E-state index >= 15 is 0 Å². The van der Waals surface area contributed by atoms with E-state index in [4.69, 9.17) is 0 Å². The molecule has 0 fully saturated rings. The average Bonchev–Trinajstić information content (AvgIpc) is 2.40. The lowest BCUT2D eigenvalue weighted by molar-refractivity contribution is 0.469. The zero-order valence-electron chi connectivity index (χ0n) is 9.72. The van der Waals surface area contributed by atoms with E-state index in [1.165, 1.54) is 0 Å². The van der Waals surface area contributed by atoms with Gasteiger partial charge in [0.25, 0.3) is 0 Å². The highest BCUT2D eigenvalue weighted by Crippen LogP contribution is 1.97. The molecule has 0 atom stereocenters. The van der Waals surface area contributed by atoms with Gasteiger partial charge in [-0.2, -0.15) is 0 Å². The van der Waals surface area contributed by atoms with Crippen molar-refractivity contribution >= 4 is 12.0 Å². The van der Waals surface area contributed by atoms with Crippen molar-refractivity contribution in [2.24, 2.45) is 0 Å². The van der Waals surface area contributed by atoms with Crippen LogP contribution in [0.25, 0.3) is 12.0 Å². The SMILES string of the molecule is CN/C(O)=c1/cccc/c1=C\c1ccccc1. The highest BCUT2D eigenvalue weighted by molar-refractivity contribution is 5.50. The van der Waals surface area contributed by atoms with E-state index in [1.54, 1.807) is 7.05 Å². The molecule has 2 heteroatoms. The maximum atomic E-state index is 9.77. The van der Waals surface area contributed by atoms with Crippen LogP contribution in [0.15, 0.2) is 54.6 Å². The molecule has 0 radical (unpaired) electrons. The van der Waals surface area contributed by atoms with Crippen molar-refractivity contribution in [2.75, 3.05) is 7.05 Å². The van der Waals surface area contributed by atoms with Crippen molar-refractivity contribution < 1.29 is 5.11 Å². The molecule has 0 saturated carbocycles. The third-order valence-electron chi connectivity index (χ3n) is 2.57. The minimum absolute atomic E-state index is 0.188. The molecule has 2 aromatic rings. The Morgan fingerprint density at radius 1 is 1.00 bits per heavy atom. The molecule has 0 bridgehead atoms. The maximum absolute atomic E-state index is 9.77. The van der Waals surface area contributed by atoms with Gasteiger partial charge in [-0.05, 0) is 22.9 Å². The van der Waals surface area contributed by atoms with Crippen molar-refractivity contribution in [3.63, 3.8) is 0 Å². The summed E-state index contributed by atoms with van der Waals surface area (Å²) >= 11 is 0. The summed E-state index contributed by atoms with van der Waals surface area (Å²) in [5, 5.41) is 14.3. The van der Waals surface area contributed by atoms with Crippen molar-refractivity contribution in [1.82, 2.24) is 5.32 Å². The molecule has 0 aliphatic carbocycles. The number of aliphatic hydroxyl groups is 1. The van der Waals surface area contributed by atoms with Crippen LogP contribution in [0.2, 0.25) is 0 Å². The van der Waals surface area contributed by atoms with E-state index in [0.29, 0.717) is 0 Å². The first kappa shape index (κ1) is 11.3. The van der Waals surface area contributed by atoms with Crippen LogP contribution >= 0.6 is 0 Å². The van der Waals surface area contributed by atoms with Gasteiger partial charge in [-0.25, -0.2) is 0 Å². The van der Waals surface area contributed by atoms with E-state index in [9.17, 15) is 5.11 Å². The van der Waals surface area contributed by atoms with E-state index in [0.717, 1.165) is 16.0 Å². The maximum Gasteiger partial charge on any atom is 0.191 e. The standard InChI is InChI=1S/C15H15NO/c1-16-15(17)14-10-6-5-9-13(14)11-12-7-3-2-4-8-12/h2-11,16-17H,1H3/b13-11+,15-14+. The average molecular weight is 225 g/mol. The lowest BCUT2D eigenvalue weighted by atomic mass is 10.1. The number of aliphatic hydroxyl groups excluding tert-OH is 1. The minimum atomic E-state index is 0.188. The lowest BCUT2D eigenvalue weighted by Crippen LogP contribution is -2.30.